The Balaban J connectivity index is 1.72. The Labute approximate surface area is 138 Å². The summed E-state index contributed by atoms with van der Waals surface area (Å²) < 4.78 is 5.17. The summed E-state index contributed by atoms with van der Waals surface area (Å²) in [6.45, 7) is 6.11. The summed E-state index contributed by atoms with van der Waals surface area (Å²) in [4.78, 5) is 3.91. The smallest absolute Gasteiger partial charge is 0.180 e. The molecule has 0 amide bonds. The lowest BCUT2D eigenvalue weighted by Crippen LogP contribution is -2.29. The van der Waals surface area contributed by atoms with E-state index in [1.165, 1.54) is 42.8 Å². The lowest BCUT2D eigenvalue weighted by atomic mass is 10.1. The van der Waals surface area contributed by atoms with Crippen LogP contribution in [0.25, 0.3) is 0 Å². The largest absolute Gasteiger partial charge is 0.481 e. The first kappa shape index (κ1) is 17.4. The summed E-state index contributed by atoms with van der Waals surface area (Å²) >= 11 is 1.89. The Bertz CT molecular complexity index is 458. The van der Waals surface area contributed by atoms with Gasteiger partial charge in [-0.3, -0.25) is 10.3 Å². The summed E-state index contributed by atoms with van der Waals surface area (Å²) in [5.74, 6) is 1.46. The van der Waals surface area contributed by atoms with Gasteiger partial charge in [-0.25, -0.2) is 0 Å². The zero-order valence-electron chi connectivity index (χ0n) is 13.6. The van der Waals surface area contributed by atoms with E-state index in [0.29, 0.717) is 12.5 Å². The van der Waals surface area contributed by atoms with Crippen molar-refractivity contribution in [3.63, 3.8) is 0 Å². The van der Waals surface area contributed by atoms with Gasteiger partial charge in [-0.15, -0.1) is 11.8 Å². The zero-order valence-corrected chi connectivity index (χ0v) is 14.5. The van der Waals surface area contributed by atoms with Gasteiger partial charge >= 0.3 is 0 Å². The molecule has 1 aromatic carbocycles. The molecule has 3 nitrogen and oxygen atoms in total. The van der Waals surface area contributed by atoms with Crippen LogP contribution in [-0.4, -0.2) is 36.2 Å². The molecule has 2 rings (SSSR count). The van der Waals surface area contributed by atoms with E-state index in [9.17, 15) is 0 Å². The molecule has 0 radical (unpaired) electrons. The molecule has 1 aliphatic heterocycles. The lowest BCUT2D eigenvalue weighted by Gasteiger charge is -2.26. The van der Waals surface area contributed by atoms with Crippen molar-refractivity contribution in [2.24, 2.45) is 0 Å². The fourth-order valence-corrected chi connectivity index (χ4v) is 3.71. The average Bonchev–Trinajstić information content (AvgIpc) is 2.53. The van der Waals surface area contributed by atoms with Crippen LogP contribution in [0.4, 0.5) is 0 Å². The van der Waals surface area contributed by atoms with Crippen molar-refractivity contribution in [3.8, 4) is 0 Å². The van der Waals surface area contributed by atoms with Crippen molar-refractivity contribution < 1.29 is 4.74 Å². The molecular weight excluding hydrogens is 292 g/mol. The van der Waals surface area contributed by atoms with Gasteiger partial charge in [-0.1, -0.05) is 18.6 Å². The maximum atomic E-state index is 7.61. The number of nitrogens with zero attached hydrogens (tertiary/aromatic N) is 1. The van der Waals surface area contributed by atoms with Gasteiger partial charge in [0.25, 0.3) is 0 Å². The van der Waals surface area contributed by atoms with Crippen molar-refractivity contribution >= 4 is 17.7 Å². The van der Waals surface area contributed by atoms with Crippen LogP contribution in [0.15, 0.2) is 29.2 Å². The van der Waals surface area contributed by atoms with Crippen LogP contribution >= 0.6 is 11.8 Å². The number of thioether (sulfide) groups is 1. The van der Waals surface area contributed by atoms with E-state index in [1.54, 1.807) is 0 Å². The summed E-state index contributed by atoms with van der Waals surface area (Å²) in [5, 5.41) is 7.61. The first-order valence-electron chi connectivity index (χ1n) is 8.42. The first-order valence-corrected chi connectivity index (χ1v) is 9.41. The first-order chi connectivity index (χ1) is 10.8. The second-order valence-corrected chi connectivity index (χ2v) is 6.96. The number of piperidine rings is 1. The molecule has 0 saturated carbocycles. The van der Waals surface area contributed by atoms with Crippen molar-refractivity contribution in [1.29, 1.82) is 5.41 Å². The molecule has 4 heteroatoms. The monoisotopic (exact) mass is 320 g/mol. The van der Waals surface area contributed by atoms with Gasteiger partial charge in [-0.05, 0) is 62.7 Å². The van der Waals surface area contributed by atoms with E-state index in [-0.39, 0.29) is 0 Å². The van der Waals surface area contributed by atoms with Gasteiger partial charge in [0, 0.05) is 17.9 Å². The Morgan fingerprint density at radius 3 is 2.86 bits per heavy atom. The molecular formula is C18H28N2OS. The Morgan fingerprint density at radius 2 is 2.09 bits per heavy atom. The molecule has 0 unspecified atom stereocenters. The third-order valence-electron chi connectivity index (χ3n) is 3.89. The van der Waals surface area contributed by atoms with Crippen LogP contribution < -0.4 is 0 Å². The second-order valence-electron chi connectivity index (χ2n) is 5.79. The quantitative estimate of drug-likeness (QED) is 0.330. The predicted octanol–water partition coefficient (Wildman–Crippen LogP) is 4.56. The molecule has 122 valence electrons. The number of ether oxygens (including phenoxy) is 1. The molecule has 1 heterocycles. The highest BCUT2D eigenvalue weighted by atomic mass is 32.2. The summed E-state index contributed by atoms with van der Waals surface area (Å²) in [6, 6.07) is 8.93. The number of hydrogen-bond acceptors (Lipinski definition) is 4. The molecule has 1 saturated heterocycles. The second kappa shape index (κ2) is 9.90. The molecule has 0 aliphatic carbocycles. The molecule has 1 fully saturated rings. The molecule has 1 N–H and O–H groups in total. The molecule has 0 atom stereocenters. The zero-order chi connectivity index (χ0) is 15.6. The van der Waals surface area contributed by atoms with Crippen molar-refractivity contribution in [2.45, 2.75) is 50.5 Å². The van der Waals surface area contributed by atoms with Crippen LogP contribution in [0.3, 0.4) is 0 Å². The Morgan fingerprint density at radius 1 is 1.27 bits per heavy atom. The van der Waals surface area contributed by atoms with Crippen molar-refractivity contribution in [1.82, 2.24) is 4.90 Å². The Hall–Kier alpha value is -1.00. The normalized spacial score (nSPS) is 15.7. The number of likely N-dealkylation sites (tertiary alicyclic amines) is 1. The average molecular weight is 321 g/mol. The van der Waals surface area contributed by atoms with Gasteiger partial charge in [0.05, 0.1) is 6.61 Å². The highest BCUT2D eigenvalue weighted by Crippen LogP contribution is 2.22. The molecule has 1 aromatic rings. The predicted molar refractivity (Wildman–Crippen MR) is 94.9 cm³/mol. The van der Waals surface area contributed by atoms with E-state index in [0.717, 1.165) is 25.1 Å². The minimum atomic E-state index is 0.418. The lowest BCUT2D eigenvalue weighted by molar-refractivity contribution is 0.221. The fraction of sp³-hybridized carbons (Fsp3) is 0.611. The highest BCUT2D eigenvalue weighted by molar-refractivity contribution is 7.99. The highest BCUT2D eigenvalue weighted by Gasteiger charge is 2.10. The number of nitrogens with one attached hydrogen (secondary N) is 1. The summed E-state index contributed by atoms with van der Waals surface area (Å²) in [7, 11) is 0. The van der Waals surface area contributed by atoms with Crippen LogP contribution in [-0.2, 0) is 11.3 Å². The van der Waals surface area contributed by atoms with Gasteiger partial charge < -0.3 is 4.74 Å². The van der Waals surface area contributed by atoms with Gasteiger partial charge in [0.1, 0.15) is 0 Å². The van der Waals surface area contributed by atoms with Crippen LogP contribution in [0.2, 0.25) is 0 Å². The van der Waals surface area contributed by atoms with E-state index in [1.807, 2.05) is 18.7 Å². The van der Waals surface area contributed by atoms with Crippen LogP contribution in [0.1, 0.15) is 44.6 Å². The number of rotatable bonds is 8. The summed E-state index contributed by atoms with van der Waals surface area (Å²) in [5.41, 5.74) is 1.42. The third kappa shape index (κ3) is 6.41. The number of benzene rings is 1. The molecule has 0 aromatic heterocycles. The van der Waals surface area contributed by atoms with Crippen LogP contribution in [0, 0.1) is 5.41 Å². The van der Waals surface area contributed by atoms with E-state index < -0.39 is 0 Å². The topological polar surface area (TPSA) is 36.3 Å². The maximum Gasteiger partial charge on any atom is 0.180 e. The van der Waals surface area contributed by atoms with Gasteiger partial charge in [0.2, 0.25) is 0 Å². The van der Waals surface area contributed by atoms with Crippen molar-refractivity contribution in [3.05, 3.63) is 29.8 Å². The van der Waals surface area contributed by atoms with E-state index >= 15 is 0 Å². The maximum absolute atomic E-state index is 7.61. The number of hydrogen-bond donors (Lipinski definition) is 1. The van der Waals surface area contributed by atoms with E-state index in [2.05, 4.69) is 29.2 Å². The Kier molecular flexibility index (Phi) is 7.81. The van der Waals surface area contributed by atoms with E-state index in [4.69, 9.17) is 10.1 Å². The minimum Gasteiger partial charge on any atom is -0.481 e. The van der Waals surface area contributed by atoms with Gasteiger partial charge in [0.15, 0.2) is 5.90 Å². The van der Waals surface area contributed by atoms with Gasteiger partial charge in [-0.2, -0.15) is 0 Å². The molecule has 1 aliphatic rings. The SMILES string of the molecule is CCOC(=N)CCCSc1cccc(CN2CCCCC2)c1. The molecule has 0 bridgehead atoms. The molecule has 22 heavy (non-hydrogen) atoms. The molecule has 0 spiro atoms. The third-order valence-corrected chi connectivity index (χ3v) is 4.97. The minimum absolute atomic E-state index is 0.418. The summed E-state index contributed by atoms with van der Waals surface area (Å²) in [6.07, 6.45) is 5.83. The fourth-order valence-electron chi connectivity index (χ4n) is 2.78. The van der Waals surface area contributed by atoms with Crippen molar-refractivity contribution in [2.75, 3.05) is 25.4 Å². The standard InChI is InChI=1S/C18H28N2OS/c1-2-21-18(19)10-7-13-22-17-9-6-8-16(14-17)15-20-11-4-3-5-12-20/h6,8-9,14,19H,2-5,7,10-13,15H2,1H3. The van der Waals surface area contributed by atoms with Crippen LogP contribution in [0.5, 0.6) is 0 Å².